The van der Waals surface area contributed by atoms with Gasteiger partial charge in [0, 0.05) is 5.56 Å². The van der Waals surface area contributed by atoms with Gasteiger partial charge in [0.2, 0.25) is 0 Å². The molecule has 20 heavy (non-hydrogen) atoms. The summed E-state index contributed by atoms with van der Waals surface area (Å²) < 4.78 is 44.8. The summed E-state index contributed by atoms with van der Waals surface area (Å²) in [6, 6.07) is 4.81. The largest absolute Gasteiger partial charge is 0.573 e. The molecular formula is C12H12F3N3O2. The number of hydrogen-bond acceptors (Lipinski definition) is 5. The highest BCUT2D eigenvalue weighted by Crippen LogP contribution is 2.26. The van der Waals surface area contributed by atoms with Gasteiger partial charge in [0.25, 0.3) is 5.89 Å². The summed E-state index contributed by atoms with van der Waals surface area (Å²) in [6.07, 6.45) is -4.07. The Kier molecular flexibility index (Phi) is 3.93. The van der Waals surface area contributed by atoms with Crippen LogP contribution in [-0.4, -0.2) is 16.5 Å². The molecule has 108 valence electrons. The quantitative estimate of drug-likeness (QED) is 0.935. The smallest absolute Gasteiger partial charge is 0.406 e. The molecule has 5 nitrogen and oxygen atoms in total. The Balaban J connectivity index is 2.15. The third kappa shape index (κ3) is 3.47. The second-order valence-corrected chi connectivity index (χ2v) is 4.04. The third-order valence-electron chi connectivity index (χ3n) is 2.55. The van der Waals surface area contributed by atoms with E-state index in [2.05, 4.69) is 14.9 Å². The van der Waals surface area contributed by atoms with Crippen LogP contribution in [0.3, 0.4) is 0 Å². The molecule has 0 bridgehead atoms. The zero-order valence-corrected chi connectivity index (χ0v) is 10.5. The lowest BCUT2D eigenvalue weighted by atomic mass is 10.2. The van der Waals surface area contributed by atoms with Gasteiger partial charge in [-0.1, -0.05) is 12.1 Å². The van der Waals surface area contributed by atoms with Gasteiger partial charge in [0.1, 0.15) is 5.75 Å². The highest BCUT2D eigenvalue weighted by Gasteiger charge is 2.31. The van der Waals surface area contributed by atoms with Gasteiger partial charge in [-0.15, -0.1) is 13.2 Å². The van der Waals surface area contributed by atoms with Crippen molar-refractivity contribution in [1.82, 2.24) is 10.1 Å². The van der Waals surface area contributed by atoms with Crippen molar-refractivity contribution in [3.63, 3.8) is 0 Å². The lowest BCUT2D eigenvalue weighted by molar-refractivity contribution is -0.274. The van der Waals surface area contributed by atoms with Gasteiger partial charge in [-0.3, -0.25) is 0 Å². The molecule has 0 radical (unpaired) electrons. The fourth-order valence-corrected chi connectivity index (χ4v) is 1.48. The number of alkyl halides is 3. The van der Waals surface area contributed by atoms with Crippen LogP contribution in [0, 0.1) is 0 Å². The molecule has 1 atom stereocenters. The molecule has 0 aliphatic carbocycles. The number of halogens is 3. The van der Waals surface area contributed by atoms with Crippen LogP contribution in [-0.2, 0) is 0 Å². The fourth-order valence-electron chi connectivity index (χ4n) is 1.48. The minimum Gasteiger partial charge on any atom is -0.406 e. The number of rotatable bonds is 4. The van der Waals surface area contributed by atoms with Gasteiger partial charge in [0.15, 0.2) is 5.82 Å². The highest BCUT2D eigenvalue weighted by atomic mass is 19.4. The van der Waals surface area contributed by atoms with Crippen LogP contribution in [0.15, 0.2) is 28.8 Å². The molecule has 0 aliphatic rings. The van der Waals surface area contributed by atoms with Crippen molar-refractivity contribution >= 4 is 0 Å². The van der Waals surface area contributed by atoms with Gasteiger partial charge < -0.3 is 15.0 Å². The van der Waals surface area contributed by atoms with E-state index in [-0.39, 0.29) is 17.7 Å². The first kappa shape index (κ1) is 14.3. The lowest BCUT2D eigenvalue weighted by Gasteiger charge is -2.08. The first-order valence-corrected chi connectivity index (χ1v) is 5.84. The average Bonchev–Trinajstić information content (AvgIpc) is 2.86. The van der Waals surface area contributed by atoms with Gasteiger partial charge in [-0.05, 0) is 30.7 Å². The fraction of sp³-hybridized carbons (Fsp3) is 0.333. The SMILES string of the molecule is CCC(N)c1noc(-c2ccc(OC(F)(F)F)cc2)n1. The number of nitrogens with two attached hydrogens (primary N) is 1. The second kappa shape index (κ2) is 5.49. The van der Waals surface area contributed by atoms with E-state index < -0.39 is 6.36 Å². The molecule has 0 fully saturated rings. The monoisotopic (exact) mass is 287 g/mol. The van der Waals surface area contributed by atoms with Crippen molar-refractivity contribution < 1.29 is 22.4 Å². The molecule has 1 aromatic carbocycles. The van der Waals surface area contributed by atoms with Crippen LogP contribution >= 0.6 is 0 Å². The topological polar surface area (TPSA) is 74.2 Å². The standard InChI is InChI=1S/C12H12F3N3O2/c1-2-9(16)10-17-11(20-18-10)7-3-5-8(6-4-7)19-12(13,14)15/h3-6,9H,2,16H2,1H3. The maximum absolute atomic E-state index is 12.0. The van der Waals surface area contributed by atoms with Crippen molar-refractivity contribution in [3.8, 4) is 17.2 Å². The van der Waals surface area contributed by atoms with Crippen LogP contribution in [0.2, 0.25) is 0 Å². The molecule has 1 unspecified atom stereocenters. The predicted octanol–water partition coefficient (Wildman–Crippen LogP) is 3.05. The van der Waals surface area contributed by atoms with Gasteiger partial charge in [0.05, 0.1) is 6.04 Å². The van der Waals surface area contributed by atoms with Crippen LogP contribution in [0.4, 0.5) is 13.2 Å². The van der Waals surface area contributed by atoms with Crippen molar-refractivity contribution in [3.05, 3.63) is 30.1 Å². The molecule has 0 amide bonds. The van der Waals surface area contributed by atoms with Crippen molar-refractivity contribution in [2.24, 2.45) is 5.73 Å². The Morgan fingerprint density at radius 2 is 1.95 bits per heavy atom. The summed E-state index contributed by atoms with van der Waals surface area (Å²) >= 11 is 0. The average molecular weight is 287 g/mol. The molecule has 0 aliphatic heterocycles. The van der Waals surface area contributed by atoms with Crippen LogP contribution < -0.4 is 10.5 Å². The van der Waals surface area contributed by atoms with Crippen molar-refractivity contribution in [1.29, 1.82) is 0 Å². The minimum absolute atomic E-state index is 0.197. The molecule has 8 heteroatoms. The molecular weight excluding hydrogens is 275 g/mol. The summed E-state index contributed by atoms with van der Waals surface area (Å²) in [7, 11) is 0. The van der Waals surface area contributed by atoms with Crippen LogP contribution in [0.1, 0.15) is 25.2 Å². The lowest BCUT2D eigenvalue weighted by Crippen LogP contribution is -2.16. The maximum atomic E-state index is 12.0. The number of aromatic nitrogens is 2. The van der Waals surface area contributed by atoms with E-state index in [9.17, 15) is 13.2 Å². The number of nitrogens with zero attached hydrogens (tertiary/aromatic N) is 2. The van der Waals surface area contributed by atoms with Gasteiger partial charge in [-0.2, -0.15) is 4.98 Å². The van der Waals surface area contributed by atoms with Crippen molar-refractivity contribution in [2.75, 3.05) is 0 Å². The van der Waals surface area contributed by atoms with Crippen LogP contribution in [0.5, 0.6) is 5.75 Å². The zero-order valence-electron chi connectivity index (χ0n) is 10.5. The van der Waals surface area contributed by atoms with E-state index in [4.69, 9.17) is 10.3 Å². The van der Waals surface area contributed by atoms with E-state index in [1.807, 2.05) is 6.92 Å². The summed E-state index contributed by atoms with van der Waals surface area (Å²) in [5.41, 5.74) is 6.24. The van der Waals surface area contributed by atoms with E-state index in [0.29, 0.717) is 17.8 Å². The Morgan fingerprint density at radius 1 is 1.30 bits per heavy atom. The third-order valence-corrected chi connectivity index (χ3v) is 2.55. The molecule has 1 aromatic heterocycles. The second-order valence-electron chi connectivity index (χ2n) is 4.04. The zero-order chi connectivity index (χ0) is 14.8. The summed E-state index contributed by atoms with van der Waals surface area (Å²) in [6.45, 7) is 1.88. The Hall–Kier alpha value is -2.09. The molecule has 0 saturated carbocycles. The molecule has 2 rings (SSSR count). The van der Waals surface area contributed by atoms with Gasteiger partial charge in [-0.25, -0.2) is 0 Å². The minimum atomic E-state index is -4.72. The predicted molar refractivity (Wildman–Crippen MR) is 63.6 cm³/mol. The van der Waals surface area contributed by atoms with E-state index in [0.717, 1.165) is 0 Å². The summed E-state index contributed by atoms with van der Waals surface area (Å²) in [5, 5.41) is 3.72. The number of benzene rings is 1. The van der Waals surface area contributed by atoms with Crippen molar-refractivity contribution in [2.45, 2.75) is 25.7 Å². The van der Waals surface area contributed by atoms with E-state index in [1.54, 1.807) is 0 Å². The number of ether oxygens (including phenoxy) is 1. The Labute approximate surface area is 112 Å². The Bertz CT molecular complexity index is 566. The maximum Gasteiger partial charge on any atom is 0.573 e. The number of hydrogen-bond donors (Lipinski definition) is 1. The molecule has 2 N–H and O–H groups in total. The molecule has 0 saturated heterocycles. The summed E-state index contributed by atoms with van der Waals surface area (Å²) in [5.74, 6) is 0.242. The van der Waals surface area contributed by atoms with Crippen LogP contribution in [0.25, 0.3) is 11.5 Å². The van der Waals surface area contributed by atoms with Gasteiger partial charge >= 0.3 is 6.36 Å². The first-order valence-electron chi connectivity index (χ1n) is 5.84. The molecule has 0 spiro atoms. The highest BCUT2D eigenvalue weighted by molar-refractivity contribution is 5.54. The van der Waals surface area contributed by atoms with E-state index in [1.165, 1.54) is 24.3 Å². The normalized spacial score (nSPS) is 13.2. The molecule has 1 heterocycles. The summed E-state index contributed by atoms with van der Waals surface area (Å²) in [4.78, 5) is 4.09. The first-order chi connectivity index (χ1) is 9.39. The van der Waals surface area contributed by atoms with E-state index >= 15 is 0 Å². The Morgan fingerprint density at radius 3 is 2.50 bits per heavy atom. The molecule has 2 aromatic rings.